The Labute approximate surface area is 109 Å². The number of aliphatic hydroxyl groups is 1. The molecule has 0 fully saturated rings. The molecule has 1 atom stereocenters. The number of methoxy groups -OCH3 is 1. The molecule has 1 unspecified atom stereocenters. The van der Waals surface area contributed by atoms with E-state index in [1.165, 1.54) is 0 Å². The molecule has 3 heteroatoms. The van der Waals surface area contributed by atoms with Gasteiger partial charge in [-0.25, -0.2) is 0 Å². The Morgan fingerprint density at radius 1 is 1.39 bits per heavy atom. The summed E-state index contributed by atoms with van der Waals surface area (Å²) >= 11 is 0. The maximum absolute atomic E-state index is 8.64. The molecule has 0 aliphatic rings. The average Bonchev–Trinajstić information content (AvgIpc) is 2.36. The van der Waals surface area contributed by atoms with Gasteiger partial charge >= 0.3 is 0 Å². The van der Waals surface area contributed by atoms with Crippen LogP contribution in [0, 0.1) is 18.8 Å². The summed E-state index contributed by atoms with van der Waals surface area (Å²) in [5, 5.41) is 8.64. The highest BCUT2D eigenvalue weighted by Gasteiger charge is 2.06. The molecule has 18 heavy (non-hydrogen) atoms. The normalized spacial score (nSPS) is 11.6. The monoisotopic (exact) mass is 248 g/mol. The summed E-state index contributed by atoms with van der Waals surface area (Å²) in [6.07, 6.45) is 0.986. The van der Waals surface area contributed by atoms with Crippen molar-refractivity contribution in [1.29, 1.82) is 0 Å². The predicted molar refractivity (Wildman–Crippen MR) is 71.7 cm³/mol. The van der Waals surface area contributed by atoms with E-state index in [4.69, 9.17) is 14.6 Å². The van der Waals surface area contributed by atoms with Gasteiger partial charge in [0.1, 0.15) is 12.4 Å². The molecule has 3 nitrogen and oxygen atoms in total. The third-order valence-corrected chi connectivity index (χ3v) is 2.54. The summed E-state index contributed by atoms with van der Waals surface area (Å²) in [5.74, 6) is 6.37. The van der Waals surface area contributed by atoms with Crippen LogP contribution >= 0.6 is 0 Å². The van der Waals surface area contributed by atoms with Crippen LogP contribution in [0.4, 0.5) is 0 Å². The van der Waals surface area contributed by atoms with Crippen LogP contribution in [0.5, 0.6) is 5.75 Å². The number of aliphatic hydroxyl groups excluding tert-OH is 1. The standard InChI is InChI=1S/C15H20O3/c1-12-11-14(5-4-9-16)6-7-15(12)18-13(2)8-10-17-3/h6-7,11,13,16H,8-10H2,1-3H3. The van der Waals surface area contributed by atoms with Crippen molar-refractivity contribution in [2.75, 3.05) is 20.3 Å². The van der Waals surface area contributed by atoms with E-state index in [9.17, 15) is 0 Å². The van der Waals surface area contributed by atoms with E-state index in [0.717, 1.165) is 23.3 Å². The Morgan fingerprint density at radius 3 is 2.78 bits per heavy atom. The van der Waals surface area contributed by atoms with E-state index < -0.39 is 0 Å². The van der Waals surface area contributed by atoms with Crippen LogP contribution in [0.3, 0.4) is 0 Å². The van der Waals surface area contributed by atoms with Crippen molar-refractivity contribution in [3.05, 3.63) is 29.3 Å². The van der Waals surface area contributed by atoms with Crippen LogP contribution in [-0.4, -0.2) is 31.5 Å². The van der Waals surface area contributed by atoms with Gasteiger partial charge in [-0.15, -0.1) is 0 Å². The zero-order valence-corrected chi connectivity index (χ0v) is 11.2. The third kappa shape index (κ3) is 4.79. The van der Waals surface area contributed by atoms with Gasteiger partial charge < -0.3 is 14.6 Å². The van der Waals surface area contributed by atoms with E-state index in [1.807, 2.05) is 32.0 Å². The fraction of sp³-hybridized carbons (Fsp3) is 0.467. The first-order valence-corrected chi connectivity index (χ1v) is 6.03. The minimum Gasteiger partial charge on any atom is -0.490 e. The molecule has 1 N–H and O–H groups in total. The van der Waals surface area contributed by atoms with Gasteiger partial charge in [-0.05, 0) is 37.6 Å². The quantitative estimate of drug-likeness (QED) is 0.811. The smallest absolute Gasteiger partial charge is 0.122 e. The number of benzene rings is 1. The molecule has 0 saturated heterocycles. The molecule has 0 aromatic heterocycles. The summed E-state index contributed by atoms with van der Waals surface area (Å²) in [6.45, 7) is 4.59. The predicted octanol–water partition coefficient (Wildman–Crippen LogP) is 2.14. The van der Waals surface area contributed by atoms with Crippen molar-refractivity contribution in [3.8, 4) is 17.6 Å². The molecule has 0 radical (unpaired) electrons. The van der Waals surface area contributed by atoms with Crippen LogP contribution < -0.4 is 4.74 Å². The second-order valence-electron chi connectivity index (χ2n) is 4.15. The Hall–Kier alpha value is -1.50. The fourth-order valence-electron chi connectivity index (χ4n) is 1.56. The zero-order valence-electron chi connectivity index (χ0n) is 11.2. The van der Waals surface area contributed by atoms with Crippen LogP contribution in [0.1, 0.15) is 24.5 Å². The Balaban J connectivity index is 2.67. The number of aryl methyl sites for hydroxylation is 1. The van der Waals surface area contributed by atoms with Gasteiger partial charge in [0.05, 0.1) is 6.10 Å². The minimum atomic E-state index is -0.120. The first-order chi connectivity index (χ1) is 8.67. The van der Waals surface area contributed by atoms with Gasteiger partial charge in [0.25, 0.3) is 0 Å². The summed E-state index contributed by atoms with van der Waals surface area (Å²) < 4.78 is 10.9. The highest BCUT2D eigenvalue weighted by atomic mass is 16.5. The topological polar surface area (TPSA) is 38.7 Å². The number of ether oxygens (including phenoxy) is 2. The van der Waals surface area contributed by atoms with Crippen LogP contribution in [-0.2, 0) is 4.74 Å². The van der Waals surface area contributed by atoms with Crippen LogP contribution in [0.15, 0.2) is 18.2 Å². The molecule has 1 aromatic rings. The van der Waals surface area contributed by atoms with Crippen molar-refractivity contribution in [1.82, 2.24) is 0 Å². The molecule has 1 aromatic carbocycles. The molecule has 1 rings (SSSR count). The van der Waals surface area contributed by atoms with Gasteiger partial charge in [-0.1, -0.05) is 11.8 Å². The van der Waals surface area contributed by atoms with Gasteiger partial charge in [-0.3, -0.25) is 0 Å². The second kappa shape index (κ2) is 7.75. The van der Waals surface area contributed by atoms with Crippen molar-refractivity contribution in [3.63, 3.8) is 0 Å². The average molecular weight is 248 g/mol. The van der Waals surface area contributed by atoms with Crippen LogP contribution in [0.2, 0.25) is 0 Å². The first kappa shape index (κ1) is 14.6. The lowest BCUT2D eigenvalue weighted by molar-refractivity contribution is 0.135. The van der Waals surface area contributed by atoms with Gasteiger partial charge in [0, 0.05) is 25.7 Å². The number of hydrogen-bond donors (Lipinski definition) is 1. The molecular weight excluding hydrogens is 228 g/mol. The molecule has 0 bridgehead atoms. The lowest BCUT2D eigenvalue weighted by Gasteiger charge is -2.16. The van der Waals surface area contributed by atoms with E-state index in [0.29, 0.717) is 6.61 Å². The Bertz CT molecular complexity index is 429. The molecule has 98 valence electrons. The summed E-state index contributed by atoms with van der Waals surface area (Å²) in [7, 11) is 1.69. The zero-order chi connectivity index (χ0) is 13.4. The molecule has 0 aliphatic heterocycles. The number of rotatable bonds is 5. The van der Waals surface area contributed by atoms with E-state index >= 15 is 0 Å². The molecule has 0 aliphatic carbocycles. The van der Waals surface area contributed by atoms with E-state index in [2.05, 4.69) is 11.8 Å². The van der Waals surface area contributed by atoms with Gasteiger partial charge in [-0.2, -0.15) is 0 Å². The minimum absolute atomic E-state index is 0.120. The molecule has 0 spiro atoms. The third-order valence-electron chi connectivity index (χ3n) is 2.54. The van der Waals surface area contributed by atoms with Gasteiger partial charge in [0.15, 0.2) is 0 Å². The lowest BCUT2D eigenvalue weighted by atomic mass is 10.1. The highest BCUT2D eigenvalue weighted by molar-refractivity contribution is 5.43. The largest absolute Gasteiger partial charge is 0.490 e. The second-order valence-corrected chi connectivity index (χ2v) is 4.15. The molecule has 0 heterocycles. The maximum atomic E-state index is 8.64. The summed E-state index contributed by atoms with van der Waals surface area (Å²) in [5.41, 5.74) is 1.93. The Morgan fingerprint density at radius 2 is 2.17 bits per heavy atom. The molecule has 0 amide bonds. The maximum Gasteiger partial charge on any atom is 0.122 e. The van der Waals surface area contributed by atoms with Crippen molar-refractivity contribution < 1.29 is 14.6 Å². The lowest BCUT2D eigenvalue weighted by Crippen LogP contribution is -2.14. The molecule has 0 saturated carbocycles. The van der Waals surface area contributed by atoms with Crippen molar-refractivity contribution in [2.45, 2.75) is 26.4 Å². The van der Waals surface area contributed by atoms with Gasteiger partial charge in [0.2, 0.25) is 0 Å². The van der Waals surface area contributed by atoms with E-state index in [-0.39, 0.29) is 12.7 Å². The number of hydrogen-bond acceptors (Lipinski definition) is 3. The van der Waals surface area contributed by atoms with E-state index in [1.54, 1.807) is 7.11 Å². The summed E-state index contributed by atoms with van der Waals surface area (Å²) in [6, 6.07) is 5.77. The van der Waals surface area contributed by atoms with Crippen molar-refractivity contribution in [2.24, 2.45) is 0 Å². The van der Waals surface area contributed by atoms with Crippen molar-refractivity contribution >= 4 is 0 Å². The Kier molecular flexibility index (Phi) is 6.27. The summed E-state index contributed by atoms with van der Waals surface area (Å²) in [4.78, 5) is 0. The highest BCUT2D eigenvalue weighted by Crippen LogP contribution is 2.20. The SMILES string of the molecule is COCCC(C)Oc1ccc(C#CCO)cc1C. The molecular formula is C15H20O3. The first-order valence-electron chi connectivity index (χ1n) is 6.03. The fourth-order valence-corrected chi connectivity index (χ4v) is 1.56. The van der Waals surface area contributed by atoms with Crippen LogP contribution in [0.25, 0.3) is 0 Å².